The minimum Gasteiger partial charge on any atom is -0.480 e. The van der Waals surface area contributed by atoms with E-state index in [0.29, 0.717) is 16.1 Å². The Morgan fingerprint density at radius 3 is 2.78 bits per heavy atom. The zero-order valence-electron chi connectivity index (χ0n) is 9.74. The fraction of sp³-hybridized carbons (Fsp3) is 0.231. The zero-order valence-corrected chi connectivity index (χ0v) is 10.5. The lowest BCUT2D eigenvalue weighted by molar-refractivity contribution is -0.139. The van der Waals surface area contributed by atoms with Gasteiger partial charge in [-0.15, -0.1) is 12.3 Å². The Kier molecular flexibility index (Phi) is 4.75. The molecule has 5 heteroatoms. The number of benzene rings is 1. The molecule has 0 aromatic heterocycles. The maximum atomic E-state index is 11.9. The van der Waals surface area contributed by atoms with Crippen LogP contribution in [0.5, 0.6) is 0 Å². The van der Waals surface area contributed by atoms with Gasteiger partial charge in [-0.2, -0.15) is 0 Å². The number of amides is 1. The van der Waals surface area contributed by atoms with Crippen LogP contribution in [0.4, 0.5) is 0 Å². The van der Waals surface area contributed by atoms with Gasteiger partial charge in [-0.05, 0) is 24.6 Å². The monoisotopic (exact) mass is 265 g/mol. The Morgan fingerprint density at radius 1 is 1.56 bits per heavy atom. The summed E-state index contributed by atoms with van der Waals surface area (Å²) < 4.78 is 0. The maximum Gasteiger partial charge on any atom is 0.327 e. The van der Waals surface area contributed by atoms with Gasteiger partial charge in [0.1, 0.15) is 6.04 Å². The van der Waals surface area contributed by atoms with Gasteiger partial charge in [-0.1, -0.05) is 17.7 Å². The SMILES string of the molecule is C#CCC(NC(=O)c1cccc(Cl)c1C)C(=O)O. The average Bonchev–Trinajstić information content (AvgIpc) is 2.31. The van der Waals surface area contributed by atoms with Crippen molar-refractivity contribution in [2.24, 2.45) is 0 Å². The first-order valence-corrected chi connectivity index (χ1v) is 5.57. The molecule has 0 aliphatic rings. The highest BCUT2D eigenvalue weighted by atomic mass is 35.5. The van der Waals surface area contributed by atoms with E-state index in [1.54, 1.807) is 25.1 Å². The van der Waals surface area contributed by atoms with Gasteiger partial charge in [0.05, 0.1) is 0 Å². The number of terminal acetylenes is 1. The predicted molar refractivity (Wildman–Crippen MR) is 68.5 cm³/mol. The molecule has 0 aliphatic carbocycles. The lowest BCUT2D eigenvalue weighted by Crippen LogP contribution is -2.40. The Bertz CT molecular complexity index is 519. The van der Waals surface area contributed by atoms with Gasteiger partial charge < -0.3 is 10.4 Å². The molecule has 0 radical (unpaired) electrons. The van der Waals surface area contributed by atoms with Gasteiger partial charge in [-0.25, -0.2) is 4.79 Å². The molecular weight excluding hydrogens is 254 g/mol. The molecule has 94 valence electrons. The van der Waals surface area contributed by atoms with Crippen molar-refractivity contribution < 1.29 is 14.7 Å². The van der Waals surface area contributed by atoms with Crippen LogP contribution in [0, 0.1) is 19.3 Å². The molecule has 0 fully saturated rings. The van der Waals surface area contributed by atoms with Crippen LogP contribution in [-0.2, 0) is 4.79 Å². The average molecular weight is 266 g/mol. The number of hydrogen-bond donors (Lipinski definition) is 2. The van der Waals surface area contributed by atoms with Crippen molar-refractivity contribution in [1.29, 1.82) is 0 Å². The summed E-state index contributed by atoms with van der Waals surface area (Å²) in [6.07, 6.45) is 4.98. The maximum absolute atomic E-state index is 11.9. The first-order chi connectivity index (χ1) is 8.47. The van der Waals surface area contributed by atoms with Gasteiger partial charge in [-0.3, -0.25) is 4.79 Å². The topological polar surface area (TPSA) is 66.4 Å². The molecule has 0 aliphatic heterocycles. The lowest BCUT2D eigenvalue weighted by Gasteiger charge is -2.13. The number of carbonyl (C=O) groups excluding carboxylic acids is 1. The van der Waals surface area contributed by atoms with Gasteiger partial charge in [0, 0.05) is 17.0 Å². The highest BCUT2D eigenvalue weighted by molar-refractivity contribution is 6.31. The summed E-state index contributed by atoms with van der Waals surface area (Å²) in [5.74, 6) is 0.542. The first kappa shape index (κ1) is 14.1. The number of halogens is 1. The molecule has 1 amide bonds. The summed E-state index contributed by atoms with van der Waals surface area (Å²) in [5, 5.41) is 11.7. The fourth-order valence-corrected chi connectivity index (χ4v) is 1.58. The third-order valence-electron chi connectivity index (χ3n) is 2.44. The van der Waals surface area contributed by atoms with Crippen LogP contribution in [0.3, 0.4) is 0 Å². The molecular formula is C13H12ClNO3. The van der Waals surface area contributed by atoms with Crippen molar-refractivity contribution in [3.8, 4) is 12.3 Å². The molecule has 1 aromatic carbocycles. The van der Waals surface area contributed by atoms with Crippen molar-refractivity contribution in [2.45, 2.75) is 19.4 Å². The van der Waals surface area contributed by atoms with Crippen LogP contribution in [0.15, 0.2) is 18.2 Å². The summed E-state index contributed by atoms with van der Waals surface area (Å²) >= 11 is 5.89. The number of aliphatic carboxylic acids is 1. The number of nitrogens with one attached hydrogen (secondary N) is 1. The van der Waals surface area contributed by atoms with E-state index in [1.165, 1.54) is 0 Å². The molecule has 2 N–H and O–H groups in total. The number of carbonyl (C=O) groups is 2. The molecule has 0 heterocycles. The van der Waals surface area contributed by atoms with E-state index in [9.17, 15) is 9.59 Å². The zero-order chi connectivity index (χ0) is 13.7. The van der Waals surface area contributed by atoms with E-state index in [2.05, 4.69) is 11.2 Å². The van der Waals surface area contributed by atoms with Crippen molar-refractivity contribution in [2.75, 3.05) is 0 Å². The van der Waals surface area contributed by atoms with E-state index in [-0.39, 0.29) is 6.42 Å². The standard InChI is InChI=1S/C13H12ClNO3/c1-3-5-11(13(17)18)15-12(16)9-6-4-7-10(14)8(9)2/h1,4,6-7,11H,5H2,2H3,(H,15,16)(H,17,18). The van der Waals surface area contributed by atoms with Gasteiger partial charge in [0.15, 0.2) is 0 Å². The Labute approximate surface area is 110 Å². The van der Waals surface area contributed by atoms with Crippen molar-refractivity contribution in [3.63, 3.8) is 0 Å². The van der Waals surface area contributed by atoms with Crippen LogP contribution < -0.4 is 5.32 Å². The summed E-state index contributed by atoms with van der Waals surface area (Å²) in [6.45, 7) is 1.69. The number of rotatable bonds is 4. The second-order valence-corrected chi connectivity index (χ2v) is 4.09. The van der Waals surface area contributed by atoms with Crippen LogP contribution >= 0.6 is 11.6 Å². The lowest BCUT2D eigenvalue weighted by atomic mass is 10.1. The summed E-state index contributed by atoms with van der Waals surface area (Å²) in [5.41, 5.74) is 0.937. The summed E-state index contributed by atoms with van der Waals surface area (Å²) in [4.78, 5) is 22.8. The van der Waals surface area contributed by atoms with Crippen LogP contribution in [0.2, 0.25) is 5.02 Å². The van der Waals surface area contributed by atoms with Crippen LogP contribution in [0.1, 0.15) is 22.3 Å². The fourth-order valence-electron chi connectivity index (χ4n) is 1.41. The number of carboxylic acids is 1. The minimum atomic E-state index is -1.17. The second-order valence-electron chi connectivity index (χ2n) is 3.68. The predicted octanol–water partition coefficient (Wildman–Crippen LogP) is 1.85. The second kappa shape index (κ2) is 6.08. The third kappa shape index (κ3) is 3.25. The van der Waals surface area contributed by atoms with Crippen LogP contribution in [0.25, 0.3) is 0 Å². The molecule has 0 bridgehead atoms. The van der Waals surface area contributed by atoms with E-state index >= 15 is 0 Å². The van der Waals surface area contributed by atoms with Gasteiger partial charge in [0.25, 0.3) is 5.91 Å². The number of hydrogen-bond acceptors (Lipinski definition) is 2. The van der Waals surface area contributed by atoms with Gasteiger partial charge in [0.2, 0.25) is 0 Å². The van der Waals surface area contributed by atoms with E-state index in [4.69, 9.17) is 23.1 Å². The molecule has 0 saturated heterocycles. The van der Waals surface area contributed by atoms with Crippen LogP contribution in [-0.4, -0.2) is 23.0 Å². The molecule has 0 saturated carbocycles. The third-order valence-corrected chi connectivity index (χ3v) is 2.85. The molecule has 1 aromatic rings. The summed E-state index contributed by atoms with van der Waals surface area (Å²) in [7, 11) is 0. The minimum absolute atomic E-state index is 0.0688. The molecule has 0 spiro atoms. The number of carboxylic acid groups (broad SMARTS) is 1. The Balaban J connectivity index is 2.91. The Hall–Kier alpha value is -1.99. The van der Waals surface area contributed by atoms with Gasteiger partial charge >= 0.3 is 5.97 Å². The highest BCUT2D eigenvalue weighted by Gasteiger charge is 2.20. The molecule has 1 rings (SSSR count). The van der Waals surface area contributed by atoms with Crippen molar-refractivity contribution in [1.82, 2.24) is 5.32 Å². The van der Waals surface area contributed by atoms with Crippen molar-refractivity contribution >= 4 is 23.5 Å². The first-order valence-electron chi connectivity index (χ1n) is 5.19. The molecule has 18 heavy (non-hydrogen) atoms. The van der Waals surface area contributed by atoms with Crippen molar-refractivity contribution in [3.05, 3.63) is 34.3 Å². The largest absolute Gasteiger partial charge is 0.480 e. The van der Waals surface area contributed by atoms with E-state index in [0.717, 1.165) is 0 Å². The normalized spacial score (nSPS) is 11.4. The molecule has 1 atom stereocenters. The summed E-state index contributed by atoms with van der Waals surface area (Å²) in [6, 6.07) is 3.76. The van der Waals surface area contributed by atoms with E-state index in [1.807, 2.05) is 0 Å². The smallest absolute Gasteiger partial charge is 0.327 e. The highest BCUT2D eigenvalue weighted by Crippen LogP contribution is 2.18. The molecule has 1 unspecified atom stereocenters. The Morgan fingerprint density at radius 2 is 2.22 bits per heavy atom. The quantitative estimate of drug-likeness (QED) is 0.817. The van der Waals surface area contributed by atoms with E-state index < -0.39 is 17.9 Å². The molecule has 4 nitrogen and oxygen atoms in total.